The Kier molecular flexibility index (Phi) is 4.61. The van der Waals surface area contributed by atoms with E-state index in [0.717, 1.165) is 11.8 Å². The number of nitrogens with zero attached hydrogens (tertiary/aromatic N) is 1. The first kappa shape index (κ1) is 12.6. The van der Waals surface area contributed by atoms with Crippen LogP contribution in [0, 0.1) is 5.92 Å². The number of benzene rings is 1. The van der Waals surface area contributed by atoms with Gasteiger partial charge >= 0.3 is 0 Å². The van der Waals surface area contributed by atoms with Crippen molar-refractivity contribution in [3.05, 3.63) is 35.9 Å². The van der Waals surface area contributed by atoms with Crippen molar-refractivity contribution in [1.29, 1.82) is 0 Å². The van der Waals surface area contributed by atoms with Crippen molar-refractivity contribution >= 4 is 0 Å². The van der Waals surface area contributed by atoms with E-state index in [9.17, 15) is 0 Å². The average Bonchev–Trinajstić information content (AvgIpc) is 2.38. The van der Waals surface area contributed by atoms with Crippen molar-refractivity contribution in [3.63, 3.8) is 0 Å². The maximum absolute atomic E-state index is 2.46. The number of likely N-dealkylation sites (tertiary alicyclic amines) is 1. The van der Waals surface area contributed by atoms with Gasteiger partial charge in [-0.05, 0) is 56.8 Å². The van der Waals surface area contributed by atoms with Crippen LogP contribution in [0.2, 0.25) is 0 Å². The van der Waals surface area contributed by atoms with E-state index in [1.54, 1.807) is 5.56 Å². The Morgan fingerprint density at radius 2 is 1.82 bits per heavy atom. The van der Waals surface area contributed by atoms with Crippen molar-refractivity contribution < 1.29 is 0 Å². The molecule has 0 radical (unpaired) electrons. The summed E-state index contributed by atoms with van der Waals surface area (Å²) >= 11 is 0. The van der Waals surface area contributed by atoms with Crippen LogP contribution in [0.3, 0.4) is 0 Å². The van der Waals surface area contributed by atoms with Gasteiger partial charge in [0.05, 0.1) is 0 Å². The monoisotopic (exact) mass is 231 g/mol. The van der Waals surface area contributed by atoms with Crippen LogP contribution in [0.4, 0.5) is 0 Å². The van der Waals surface area contributed by atoms with Crippen molar-refractivity contribution in [2.45, 2.75) is 38.5 Å². The topological polar surface area (TPSA) is 3.24 Å². The number of rotatable bonds is 4. The second-order valence-electron chi connectivity index (χ2n) is 5.45. The molecule has 0 bridgehead atoms. The highest BCUT2D eigenvalue weighted by Gasteiger charge is 2.25. The van der Waals surface area contributed by atoms with Crippen molar-refractivity contribution in [2.75, 3.05) is 20.1 Å². The van der Waals surface area contributed by atoms with Crippen molar-refractivity contribution in [3.8, 4) is 0 Å². The SMILES string of the molecule is CCCC(c1ccccc1)C1CCN(C)CC1. The van der Waals surface area contributed by atoms with E-state index < -0.39 is 0 Å². The lowest BCUT2D eigenvalue weighted by molar-refractivity contribution is 0.193. The molecule has 1 fully saturated rings. The fourth-order valence-electron chi connectivity index (χ4n) is 3.12. The molecule has 0 aromatic heterocycles. The predicted molar refractivity (Wildman–Crippen MR) is 74.3 cm³/mol. The van der Waals surface area contributed by atoms with Gasteiger partial charge in [-0.15, -0.1) is 0 Å². The summed E-state index contributed by atoms with van der Waals surface area (Å²) in [6, 6.07) is 11.1. The number of hydrogen-bond donors (Lipinski definition) is 0. The van der Waals surface area contributed by atoms with E-state index in [2.05, 4.69) is 49.2 Å². The van der Waals surface area contributed by atoms with Gasteiger partial charge in [-0.1, -0.05) is 43.7 Å². The molecule has 94 valence electrons. The third-order valence-electron chi connectivity index (χ3n) is 4.16. The van der Waals surface area contributed by atoms with Crippen molar-refractivity contribution in [1.82, 2.24) is 4.90 Å². The molecule has 17 heavy (non-hydrogen) atoms. The van der Waals surface area contributed by atoms with Gasteiger partial charge in [0.25, 0.3) is 0 Å². The molecule has 0 amide bonds. The summed E-state index contributed by atoms with van der Waals surface area (Å²) in [4.78, 5) is 2.46. The molecule has 0 spiro atoms. The van der Waals surface area contributed by atoms with E-state index in [1.165, 1.54) is 38.8 Å². The maximum Gasteiger partial charge on any atom is -0.00189 e. The molecule has 1 atom stereocenters. The minimum absolute atomic E-state index is 0.787. The van der Waals surface area contributed by atoms with E-state index >= 15 is 0 Å². The molecule has 0 aliphatic carbocycles. The molecular weight excluding hydrogens is 206 g/mol. The molecule has 1 nitrogen and oxygen atoms in total. The quantitative estimate of drug-likeness (QED) is 0.759. The van der Waals surface area contributed by atoms with E-state index in [-0.39, 0.29) is 0 Å². The van der Waals surface area contributed by atoms with Gasteiger partial charge in [-0.25, -0.2) is 0 Å². The number of piperidine rings is 1. The maximum atomic E-state index is 2.46. The highest BCUT2D eigenvalue weighted by molar-refractivity contribution is 5.20. The van der Waals surface area contributed by atoms with Gasteiger partial charge in [0.2, 0.25) is 0 Å². The molecule has 1 aliphatic rings. The van der Waals surface area contributed by atoms with Gasteiger partial charge in [-0.2, -0.15) is 0 Å². The summed E-state index contributed by atoms with van der Waals surface area (Å²) in [7, 11) is 2.24. The summed E-state index contributed by atoms with van der Waals surface area (Å²) in [6.07, 6.45) is 5.39. The molecular formula is C16H25N. The second-order valence-corrected chi connectivity index (χ2v) is 5.45. The normalized spacial score (nSPS) is 20.4. The summed E-state index contributed by atoms with van der Waals surface area (Å²) in [5.74, 6) is 1.68. The Balaban J connectivity index is 2.07. The van der Waals surface area contributed by atoms with Crippen LogP contribution in [-0.2, 0) is 0 Å². The molecule has 1 aromatic carbocycles. The minimum atomic E-state index is 0.787. The predicted octanol–water partition coefficient (Wildman–Crippen LogP) is 3.91. The Morgan fingerprint density at radius 3 is 2.41 bits per heavy atom. The largest absolute Gasteiger partial charge is 0.306 e. The highest BCUT2D eigenvalue weighted by Crippen LogP contribution is 2.35. The van der Waals surface area contributed by atoms with E-state index in [1.807, 2.05) is 0 Å². The Labute approximate surface area is 106 Å². The van der Waals surface area contributed by atoms with Crippen LogP contribution >= 0.6 is 0 Å². The summed E-state index contributed by atoms with van der Waals surface area (Å²) in [5.41, 5.74) is 1.56. The van der Waals surface area contributed by atoms with Gasteiger partial charge in [-0.3, -0.25) is 0 Å². The van der Waals surface area contributed by atoms with Crippen LogP contribution in [0.15, 0.2) is 30.3 Å². The first-order chi connectivity index (χ1) is 8.31. The molecule has 1 saturated heterocycles. The molecule has 0 N–H and O–H groups in total. The molecule has 1 unspecified atom stereocenters. The molecule has 1 heterocycles. The van der Waals surface area contributed by atoms with E-state index in [0.29, 0.717) is 0 Å². The molecule has 1 aromatic rings. The van der Waals surface area contributed by atoms with Crippen LogP contribution in [0.25, 0.3) is 0 Å². The molecule has 1 aliphatic heterocycles. The Morgan fingerprint density at radius 1 is 1.18 bits per heavy atom. The first-order valence-electron chi connectivity index (χ1n) is 7.04. The van der Waals surface area contributed by atoms with Gasteiger partial charge in [0.15, 0.2) is 0 Å². The molecule has 2 rings (SSSR count). The third-order valence-corrected chi connectivity index (χ3v) is 4.16. The summed E-state index contributed by atoms with van der Waals surface area (Å²) < 4.78 is 0. The van der Waals surface area contributed by atoms with Crippen molar-refractivity contribution in [2.24, 2.45) is 5.92 Å². The highest BCUT2D eigenvalue weighted by atomic mass is 15.1. The van der Waals surface area contributed by atoms with Crippen LogP contribution in [0.5, 0.6) is 0 Å². The van der Waals surface area contributed by atoms with Gasteiger partial charge in [0, 0.05) is 0 Å². The van der Waals surface area contributed by atoms with Gasteiger partial charge in [0.1, 0.15) is 0 Å². The lowest BCUT2D eigenvalue weighted by atomic mass is 9.78. The zero-order chi connectivity index (χ0) is 12.1. The lowest BCUT2D eigenvalue weighted by Crippen LogP contribution is -2.32. The zero-order valence-corrected chi connectivity index (χ0v) is 11.2. The summed E-state index contributed by atoms with van der Waals surface area (Å²) in [5, 5.41) is 0. The standard InChI is InChI=1S/C16H25N/c1-3-7-16(14-8-5-4-6-9-14)15-10-12-17(2)13-11-15/h4-6,8-9,15-16H,3,7,10-13H2,1-2H3. The molecule has 1 heteroatoms. The van der Waals surface area contributed by atoms with Crippen LogP contribution in [0.1, 0.15) is 44.1 Å². The van der Waals surface area contributed by atoms with Crippen LogP contribution in [-0.4, -0.2) is 25.0 Å². The Hall–Kier alpha value is -0.820. The molecule has 0 saturated carbocycles. The van der Waals surface area contributed by atoms with Crippen LogP contribution < -0.4 is 0 Å². The second kappa shape index (κ2) is 6.20. The van der Waals surface area contributed by atoms with E-state index in [4.69, 9.17) is 0 Å². The first-order valence-corrected chi connectivity index (χ1v) is 7.04. The Bertz CT molecular complexity index is 312. The average molecular weight is 231 g/mol. The summed E-state index contributed by atoms with van der Waals surface area (Å²) in [6.45, 7) is 4.86. The zero-order valence-electron chi connectivity index (χ0n) is 11.2. The fraction of sp³-hybridized carbons (Fsp3) is 0.625. The lowest BCUT2D eigenvalue weighted by Gasteiger charge is -2.34. The van der Waals surface area contributed by atoms with Gasteiger partial charge < -0.3 is 4.90 Å². The minimum Gasteiger partial charge on any atom is -0.306 e. The number of hydrogen-bond acceptors (Lipinski definition) is 1. The fourth-order valence-corrected chi connectivity index (χ4v) is 3.12. The smallest absolute Gasteiger partial charge is 0.00189 e. The third kappa shape index (κ3) is 3.32.